The Kier molecular flexibility index (Phi) is 2.71. The van der Waals surface area contributed by atoms with Gasteiger partial charge in [-0.2, -0.15) is 0 Å². The molecule has 3 N–H and O–H groups in total. The molecule has 96 valence electrons. The van der Waals surface area contributed by atoms with E-state index in [1.165, 1.54) is 6.33 Å². The lowest BCUT2D eigenvalue weighted by Gasteiger charge is -1.96. The summed E-state index contributed by atoms with van der Waals surface area (Å²) < 4.78 is 0. The van der Waals surface area contributed by atoms with Crippen molar-refractivity contribution in [1.29, 1.82) is 0 Å². The molecule has 0 atom stereocenters. The Balaban J connectivity index is 1.96. The van der Waals surface area contributed by atoms with Crippen molar-refractivity contribution in [3.8, 4) is 11.4 Å². The van der Waals surface area contributed by atoms with Crippen LogP contribution in [-0.4, -0.2) is 37.4 Å². The van der Waals surface area contributed by atoms with Gasteiger partial charge in [0.2, 0.25) is 0 Å². The van der Waals surface area contributed by atoms with E-state index in [1.807, 2.05) is 6.92 Å². The van der Waals surface area contributed by atoms with Crippen LogP contribution in [0.3, 0.4) is 0 Å². The van der Waals surface area contributed by atoms with Crippen molar-refractivity contribution in [1.82, 2.24) is 30.2 Å². The number of aromatic amines is 2. The van der Waals surface area contributed by atoms with Gasteiger partial charge in [0.05, 0.1) is 6.20 Å². The van der Waals surface area contributed by atoms with Crippen LogP contribution in [0.1, 0.15) is 17.4 Å². The molecule has 0 aromatic carbocycles. The molecule has 1 amide bonds. The van der Waals surface area contributed by atoms with Gasteiger partial charge in [0.15, 0.2) is 5.65 Å². The highest BCUT2D eigenvalue weighted by Gasteiger charge is 2.11. The number of nitrogens with one attached hydrogen (secondary N) is 3. The van der Waals surface area contributed by atoms with Crippen LogP contribution in [0.4, 0.5) is 0 Å². The molecule has 3 heterocycles. The SMILES string of the molecule is CCNC(=O)c1cc(-c2nc3cncnc3[nH]2)c[nH]1. The average molecular weight is 256 g/mol. The summed E-state index contributed by atoms with van der Waals surface area (Å²) in [7, 11) is 0. The third-order valence-corrected chi connectivity index (χ3v) is 2.70. The summed E-state index contributed by atoms with van der Waals surface area (Å²) in [5.41, 5.74) is 2.67. The molecule has 0 aliphatic rings. The molecule has 0 saturated heterocycles. The second-order valence-electron chi connectivity index (χ2n) is 4.00. The molecular weight excluding hydrogens is 244 g/mol. The van der Waals surface area contributed by atoms with Crippen molar-refractivity contribution in [2.45, 2.75) is 6.92 Å². The van der Waals surface area contributed by atoms with Crippen LogP contribution < -0.4 is 5.32 Å². The first-order valence-corrected chi connectivity index (χ1v) is 5.90. The van der Waals surface area contributed by atoms with E-state index in [0.717, 1.165) is 5.56 Å². The van der Waals surface area contributed by atoms with Crippen LogP contribution in [0.15, 0.2) is 24.8 Å². The molecule has 3 rings (SSSR count). The first kappa shape index (κ1) is 11.4. The van der Waals surface area contributed by atoms with Crippen molar-refractivity contribution < 1.29 is 4.79 Å². The summed E-state index contributed by atoms with van der Waals surface area (Å²) >= 11 is 0. The van der Waals surface area contributed by atoms with Gasteiger partial charge in [-0.3, -0.25) is 4.79 Å². The summed E-state index contributed by atoms with van der Waals surface area (Å²) in [4.78, 5) is 30.0. The minimum Gasteiger partial charge on any atom is -0.356 e. The maximum Gasteiger partial charge on any atom is 0.267 e. The highest BCUT2D eigenvalue weighted by atomic mass is 16.1. The number of nitrogens with zero attached hydrogens (tertiary/aromatic N) is 3. The Hall–Kier alpha value is -2.70. The van der Waals surface area contributed by atoms with Gasteiger partial charge in [-0.05, 0) is 13.0 Å². The zero-order chi connectivity index (χ0) is 13.2. The van der Waals surface area contributed by atoms with Crippen molar-refractivity contribution in [2.24, 2.45) is 0 Å². The van der Waals surface area contributed by atoms with Gasteiger partial charge in [0.1, 0.15) is 23.4 Å². The Morgan fingerprint density at radius 3 is 3.16 bits per heavy atom. The molecule has 0 spiro atoms. The van der Waals surface area contributed by atoms with Crippen LogP contribution in [0, 0.1) is 0 Å². The maximum atomic E-state index is 11.7. The van der Waals surface area contributed by atoms with Crippen LogP contribution >= 0.6 is 0 Å². The van der Waals surface area contributed by atoms with E-state index in [2.05, 4.69) is 30.2 Å². The van der Waals surface area contributed by atoms with E-state index in [0.29, 0.717) is 29.2 Å². The molecule has 3 aromatic rings. The monoisotopic (exact) mass is 256 g/mol. The molecule has 3 aromatic heterocycles. The standard InChI is InChI=1S/C12H12N6O/c1-2-14-12(19)8-3-7(4-15-8)10-17-9-5-13-6-16-11(9)18-10/h3-6,15H,2H2,1H3,(H,14,19)(H,13,16,17,18). The number of aromatic nitrogens is 5. The Bertz CT molecular complexity index is 695. The second kappa shape index (κ2) is 4.52. The fourth-order valence-corrected chi connectivity index (χ4v) is 1.82. The lowest BCUT2D eigenvalue weighted by atomic mass is 10.3. The highest BCUT2D eigenvalue weighted by molar-refractivity contribution is 5.93. The van der Waals surface area contributed by atoms with E-state index in [1.54, 1.807) is 18.5 Å². The molecule has 0 bridgehead atoms. The normalized spacial score (nSPS) is 10.8. The molecule has 0 aliphatic carbocycles. The molecule has 0 radical (unpaired) electrons. The smallest absolute Gasteiger partial charge is 0.267 e. The first-order chi connectivity index (χ1) is 9.28. The summed E-state index contributed by atoms with van der Waals surface area (Å²) in [6, 6.07) is 1.75. The van der Waals surface area contributed by atoms with Crippen LogP contribution in [0.2, 0.25) is 0 Å². The fourth-order valence-electron chi connectivity index (χ4n) is 1.82. The lowest BCUT2D eigenvalue weighted by molar-refractivity contribution is 0.0951. The quantitative estimate of drug-likeness (QED) is 0.653. The first-order valence-electron chi connectivity index (χ1n) is 5.90. The zero-order valence-corrected chi connectivity index (χ0v) is 10.3. The van der Waals surface area contributed by atoms with E-state index in [9.17, 15) is 4.79 Å². The Morgan fingerprint density at radius 1 is 1.47 bits per heavy atom. The second-order valence-corrected chi connectivity index (χ2v) is 4.00. The molecule has 19 heavy (non-hydrogen) atoms. The minimum atomic E-state index is -0.135. The predicted molar refractivity (Wildman–Crippen MR) is 69.5 cm³/mol. The fraction of sp³-hybridized carbons (Fsp3) is 0.167. The number of H-pyrrole nitrogens is 2. The summed E-state index contributed by atoms with van der Waals surface area (Å²) in [5.74, 6) is 0.520. The molecule has 0 aliphatic heterocycles. The van der Waals surface area contributed by atoms with Gasteiger partial charge in [-0.25, -0.2) is 15.0 Å². The number of carbonyl (C=O) groups excluding carboxylic acids is 1. The minimum absolute atomic E-state index is 0.135. The third kappa shape index (κ3) is 2.05. The molecule has 0 saturated carbocycles. The van der Waals surface area contributed by atoms with Gasteiger partial charge in [-0.1, -0.05) is 0 Å². The lowest BCUT2D eigenvalue weighted by Crippen LogP contribution is -2.22. The topological polar surface area (TPSA) is 99.3 Å². The van der Waals surface area contributed by atoms with E-state index in [4.69, 9.17) is 0 Å². The zero-order valence-electron chi connectivity index (χ0n) is 10.3. The molecule has 0 unspecified atom stereocenters. The number of hydrogen-bond donors (Lipinski definition) is 3. The van der Waals surface area contributed by atoms with Gasteiger partial charge in [0, 0.05) is 18.3 Å². The number of hydrogen-bond acceptors (Lipinski definition) is 4. The molecular formula is C12H12N6O. The number of amides is 1. The Labute approximate surface area is 108 Å². The molecule has 0 fully saturated rings. The van der Waals surface area contributed by atoms with Gasteiger partial charge in [0.25, 0.3) is 5.91 Å². The summed E-state index contributed by atoms with van der Waals surface area (Å²) in [5, 5.41) is 2.73. The number of imidazole rings is 1. The van der Waals surface area contributed by atoms with E-state index >= 15 is 0 Å². The largest absolute Gasteiger partial charge is 0.356 e. The Morgan fingerprint density at radius 2 is 2.37 bits per heavy atom. The molecule has 7 heteroatoms. The van der Waals surface area contributed by atoms with Gasteiger partial charge in [-0.15, -0.1) is 0 Å². The summed E-state index contributed by atoms with van der Waals surface area (Å²) in [6.45, 7) is 2.47. The number of fused-ring (bicyclic) bond motifs is 1. The third-order valence-electron chi connectivity index (χ3n) is 2.70. The van der Waals surface area contributed by atoms with E-state index < -0.39 is 0 Å². The van der Waals surface area contributed by atoms with Crippen molar-refractivity contribution in [3.63, 3.8) is 0 Å². The van der Waals surface area contributed by atoms with Crippen LogP contribution in [0.5, 0.6) is 0 Å². The summed E-state index contributed by atoms with van der Waals surface area (Å²) in [6.07, 6.45) is 4.83. The van der Waals surface area contributed by atoms with E-state index in [-0.39, 0.29) is 5.91 Å². The van der Waals surface area contributed by atoms with Crippen LogP contribution in [0.25, 0.3) is 22.6 Å². The van der Waals surface area contributed by atoms with Gasteiger partial charge < -0.3 is 15.3 Å². The predicted octanol–water partition coefficient (Wildman–Crippen LogP) is 1.10. The van der Waals surface area contributed by atoms with Crippen molar-refractivity contribution in [2.75, 3.05) is 6.54 Å². The molecule has 7 nitrogen and oxygen atoms in total. The number of carbonyl (C=O) groups is 1. The van der Waals surface area contributed by atoms with Crippen LogP contribution in [-0.2, 0) is 0 Å². The number of rotatable bonds is 3. The van der Waals surface area contributed by atoms with Crippen molar-refractivity contribution in [3.05, 3.63) is 30.5 Å². The van der Waals surface area contributed by atoms with Crippen molar-refractivity contribution >= 4 is 17.1 Å². The maximum absolute atomic E-state index is 11.7. The highest BCUT2D eigenvalue weighted by Crippen LogP contribution is 2.19. The average Bonchev–Trinajstić information content (AvgIpc) is 3.05. The van der Waals surface area contributed by atoms with Gasteiger partial charge >= 0.3 is 0 Å².